The molecule has 0 aliphatic carbocycles. The summed E-state index contributed by atoms with van der Waals surface area (Å²) in [5, 5.41) is 15.5. The fourth-order valence-electron chi connectivity index (χ4n) is 3.18. The average Bonchev–Trinajstić information content (AvgIpc) is 2.68. The lowest BCUT2D eigenvalue weighted by atomic mass is 10.0. The molecular weight excluding hydrogens is 340 g/mol. The average molecular weight is 368 g/mol. The van der Waals surface area contributed by atoms with Gasteiger partial charge in [0.2, 0.25) is 5.69 Å². The molecule has 1 heterocycles. The molecule has 2 rings (SSSR count). The number of aromatic nitrogens is 1. The van der Waals surface area contributed by atoms with Crippen molar-refractivity contribution >= 4 is 11.6 Å². The van der Waals surface area contributed by atoms with Gasteiger partial charge in [-0.15, -0.1) is 0 Å². The number of hydrogen-bond acceptors (Lipinski definition) is 3. The van der Waals surface area contributed by atoms with Crippen LogP contribution in [-0.4, -0.2) is 12.5 Å². The number of hydrogen-bond donors (Lipinski definition) is 1. The Kier molecular flexibility index (Phi) is 6.99. The molecule has 0 aliphatic heterocycles. The summed E-state index contributed by atoms with van der Waals surface area (Å²) < 4.78 is 6.51. The first-order valence-corrected chi connectivity index (χ1v) is 9.40. The lowest BCUT2D eigenvalue weighted by Gasteiger charge is -2.18. The number of pyridine rings is 1. The molecule has 1 aromatic carbocycles. The van der Waals surface area contributed by atoms with Crippen LogP contribution in [0.25, 0.3) is 0 Å². The van der Waals surface area contributed by atoms with Crippen molar-refractivity contribution in [2.75, 3.05) is 11.9 Å². The Morgan fingerprint density at radius 1 is 1.22 bits per heavy atom. The minimum Gasteiger partial charge on any atom is -0.618 e. The molecule has 0 saturated heterocycles. The second kappa shape index (κ2) is 9.21. The number of amides is 1. The molecule has 0 saturated carbocycles. The van der Waals surface area contributed by atoms with E-state index in [1.807, 2.05) is 25.1 Å². The van der Waals surface area contributed by atoms with E-state index in [4.69, 9.17) is 4.74 Å². The molecule has 5 nitrogen and oxygen atoms in total. The molecule has 0 spiro atoms. The van der Waals surface area contributed by atoms with Gasteiger partial charge in [0.15, 0.2) is 5.69 Å². The molecule has 144 valence electrons. The van der Waals surface area contributed by atoms with Crippen LogP contribution < -0.4 is 14.8 Å². The highest BCUT2D eigenvalue weighted by Gasteiger charge is 2.26. The molecule has 0 unspecified atom stereocenters. The number of ether oxygens (including phenoxy) is 1. The fraction of sp³-hybridized carbons (Fsp3) is 0.364. The second-order valence-corrected chi connectivity index (χ2v) is 6.33. The molecule has 0 atom stereocenters. The lowest BCUT2D eigenvalue weighted by molar-refractivity contribution is -0.620. The number of carbonyl (C=O) groups excluding carboxylic acids is 1. The monoisotopic (exact) mass is 368 g/mol. The van der Waals surface area contributed by atoms with E-state index in [2.05, 4.69) is 25.7 Å². The van der Waals surface area contributed by atoms with E-state index in [1.54, 1.807) is 19.1 Å². The van der Waals surface area contributed by atoms with Gasteiger partial charge in [-0.05, 0) is 24.0 Å². The van der Waals surface area contributed by atoms with Gasteiger partial charge in [0.25, 0.3) is 5.91 Å². The standard InChI is InChI=1S/C22H28N2O3/c1-6-13-27-19-14-15(5)24(26)18(9-4)20(19)22(25)23-21-16(7-2)11-10-12-17(21)8-3/h6,10-12,14H,1,7-9,13H2,2-5H3,(H,23,25). The van der Waals surface area contributed by atoms with Gasteiger partial charge < -0.3 is 15.3 Å². The zero-order valence-electron chi connectivity index (χ0n) is 16.6. The summed E-state index contributed by atoms with van der Waals surface area (Å²) in [5.74, 6) is 0.0759. The Bertz CT molecular complexity index is 822. The Hall–Kier alpha value is -2.82. The summed E-state index contributed by atoms with van der Waals surface area (Å²) in [6.07, 6.45) is 3.65. The summed E-state index contributed by atoms with van der Waals surface area (Å²) in [4.78, 5) is 13.2. The first kappa shape index (κ1) is 20.5. The van der Waals surface area contributed by atoms with E-state index < -0.39 is 0 Å². The molecule has 0 fully saturated rings. The Labute approximate surface area is 161 Å². The van der Waals surface area contributed by atoms with Crippen LogP contribution in [0.1, 0.15) is 53.6 Å². The molecular formula is C22H28N2O3. The maximum atomic E-state index is 13.2. The number of benzene rings is 1. The van der Waals surface area contributed by atoms with Crippen LogP contribution in [0.3, 0.4) is 0 Å². The highest BCUT2D eigenvalue weighted by atomic mass is 16.5. The van der Waals surface area contributed by atoms with E-state index in [9.17, 15) is 10.0 Å². The van der Waals surface area contributed by atoms with Crippen LogP contribution in [0, 0.1) is 12.1 Å². The largest absolute Gasteiger partial charge is 0.618 e. The number of aryl methyl sites for hydroxylation is 3. The topological polar surface area (TPSA) is 65.3 Å². The third-order valence-electron chi connectivity index (χ3n) is 4.60. The van der Waals surface area contributed by atoms with Gasteiger partial charge in [0.1, 0.15) is 17.9 Å². The zero-order valence-corrected chi connectivity index (χ0v) is 16.6. The quantitative estimate of drug-likeness (QED) is 0.433. The van der Waals surface area contributed by atoms with Crippen molar-refractivity contribution in [2.45, 2.75) is 47.0 Å². The van der Waals surface area contributed by atoms with Crippen LogP contribution in [0.2, 0.25) is 0 Å². The summed E-state index contributed by atoms with van der Waals surface area (Å²) in [6.45, 7) is 11.6. The Morgan fingerprint density at radius 2 is 1.85 bits per heavy atom. The van der Waals surface area contributed by atoms with Crippen molar-refractivity contribution in [1.82, 2.24) is 0 Å². The maximum Gasteiger partial charge on any atom is 0.265 e. The minimum absolute atomic E-state index is 0.261. The first-order valence-electron chi connectivity index (χ1n) is 9.40. The molecule has 1 aromatic heterocycles. The number of anilines is 1. The normalized spacial score (nSPS) is 10.5. The van der Waals surface area contributed by atoms with Gasteiger partial charge in [0, 0.05) is 25.1 Å². The molecule has 5 heteroatoms. The fourth-order valence-corrected chi connectivity index (χ4v) is 3.18. The summed E-state index contributed by atoms with van der Waals surface area (Å²) in [5.41, 5.74) is 4.13. The van der Waals surface area contributed by atoms with Crippen molar-refractivity contribution < 1.29 is 14.3 Å². The molecule has 0 radical (unpaired) electrons. The van der Waals surface area contributed by atoms with E-state index in [0.717, 1.165) is 34.4 Å². The van der Waals surface area contributed by atoms with Crippen LogP contribution in [0.4, 0.5) is 5.69 Å². The summed E-state index contributed by atoms with van der Waals surface area (Å²) >= 11 is 0. The molecule has 1 N–H and O–H groups in total. The van der Waals surface area contributed by atoms with Crippen LogP contribution in [-0.2, 0) is 19.3 Å². The number of para-hydroxylation sites is 1. The lowest BCUT2D eigenvalue weighted by Crippen LogP contribution is -2.38. The van der Waals surface area contributed by atoms with Gasteiger partial charge >= 0.3 is 0 Å². The smallest absolute Gasteiger partial charge is 0.265 e. The van der Waals surface area contributed by atoms with Gasteiger partial charge in [-0.3, -0.25) is 4.79 Å². The van der Waals surface area contributed by atoms with Crippen molar-refractivity contribution in [2.24, 2.45) is 0 Å². The van der Waals surface area contributed by atoms with Crippen molar-refractivity contribution in [3.05, 3.63) is 70.2 Å². The van der Waals surface area contributed by atoms with E-state index in [1.165, 1.54) is 0 Å². The van der Waals surface area contributed by atoms with E-state index in [-0.39, 0.29) is 18.1 Å². The highest BCUT2D eigenvalue weighted by Crippen LogP contribution is 2.27. The SMILES string of the molecule is C=CCOc1cc(C)[n+]([O-])c(CC)c1C(=O)Nc1c(CC)cccc1CC. The van der Waals surface area contributed by atoms with Gasteiger partial charge in [0.05, 0.1) is 0 Å². The predicted molar refractivity (Wildman–Crippen MR) is 108 cm³/mol. The summed E-state index contributed by atoms with van der Waals surface area (Å²) in [7, 11) is 0. The van der Waals surface area contributed by atoms with Crippen molar-refractivity contribution in [3.8, 4) is 5.75 Å². The number of rotatable bonds is 8. The van der Waals surface area contributed by atoms with Crippen LogP contribution >= 0.6 is 0 Å². The van der Waals surface area contributed by atoms with Gasteiger partial charge in [-0.2, -0.15) is 4.73 Å². The van der Waals surface area contributed by atoms with Crippen LogP contribution in [0.5, 0.6) is 5.75 Å². The van der Waals surface area contributed by atoms with Crippen molar-refractivity contribution in [1.29, 1.82) is 0 Å². The summed E-state index contributed by atoms with van der Waals surface area (Å²) in [6, 6.07) is 7.62. The Morgan fingerprint density at radius 3 is 2.37 bits per heavy atom. The molecule has 0 aliphatic rings. The maximum absolute atomic E-state index is 13.2. The first-order chi connectivity index (χ1) is 13.0. The third-order valence-corrected chi connectivity index (χ3v) is 4.60. The number of nitrogens with one attached hydrogen (secondary N) is 1. The highest BCUT2D eigenvalue weighted by molar-refractivity contribution is 6.07. The van der Waals surface area contributed by atoms with E-state index >= 15 is 0 Å². The van der Waals surface area contributed by atoms with Gasteiger partial charge in [-0.25, -0.2) is 0 Å². The molecule has 1 amide bonds. The van der Waals surface area contributed by atoms with Crippen LogP contribution in [0.15, 0.2) is 36.9 Å². The minimum atomic E-state index is -0.328. The third kappa shape index (κ3) is 4.30. The van der Waals surface area contributed by atoms with E-state index in [0.29, 0.717) is 23.6 Å². The predicted octanol–water partition coefficient (Wildman–Crippen LogP) is 4.13. The number of nitrogens with zero attached hydrogens (tertiary/aromatic N) is 1. The van der Waals surface area contributed by atoms with Crippen molar-refractivity contribution in [3.63, 3.8) is 0 Å². The number of carbonyl (C=O) groups is 1. The molecule has 2 aromatic rings. The zero-order chi connectivity index (χ0) is 20.0. The molecule has 0 bridgehead atoms. The Balaban J connectivity index is 2.56. The second-order valence-electron chi connectivity index (χ2n) is 6.33. The van der Waals surface area contributed by atoms with Gasteiger partial charge in [-0.1, -0.05) is 51.6 Å². The molecule has 27 heavy (non-hydrogen) atoms.